The highest BCUT2D eigenvalue weighted by Crippen LogP contribution is 2.67. The first-order valence-electron chi connectivity index (χ1n) is 21.9. The van der Waals surface area contributed by atoms with Gasteiger partial charge in [0.15, 0.2) is 0 Å². The quantitative estimate of drug-likeness (QED) is 0.0648. The molecule has 3 heteroatoms. The number of unbranched alkanes of at least 4 members (excludes halogenated alkanes) is 12. The molecule has 0 spiro atoms. The van der Waals surface area contributed by atoms with Crippen LogP contribution in [0.5, 0.6) is 0 Å². The van der Waals surface area contributed by atoms with Gasteiger partial charge in [0.2, 0.25) is 0 Å². The van der Waals surface area contributed by atoms with Crippen LogP contribution in [0.15, 0.2) is 23.8 Å². The fourth-order valence-corrected chi connectivity index (χ4v) is 11.4. The lowest BCUT2D eigenvalue weighted by molar-refractivity contribution is -0.0617. The van der Waals surface area contributed by atoms with Gasteiger partial charge in [-0.25, -0.2) is 4.79 Å². The van der Waals surface area contributed by atoms with E-state index in [9.17, 15) is 4.79 Å². The Kier molecular flexibility index (Phi) is 17.1. The summed E-state index contributed by atoms with van der Waals surface area (Å²) in [6, 6.07) is 0. The predicted molar refractivity (Wildman–Crippen MR) is 209 cm³/mol. The van der Waals surface area contributed by atoms with Crippen molar-refractivity contribution in [3.8, 4) is 0 Å². The summed E-state index contributed by atoms with van der Waals surface area (Å²) in [4.78, 5) is 12.6. The van der Waals surface area contributed by atoms with Crippen LogP contribution in [0.3, 0.4) is 0 Å². The van der Waals surface area contributed by atoms with Crippen molar-refractivity contribution in [2.75, 3.05) is 6.61 Å². The molecule has 4 rings (SSSR count). The summed E-state index contributed by atoms with van der Waals surface area (Å²) in [5.74, 6) is 5.15. The summed E-state index contributed by atoms with van der Waals surface area (Å²) in [7, 11) is 0. The zero-order valence-corrected chi connectivity index (χ0v) is 33.4. The number of carbonyl (C=O) groups is 1. The Bertz CT molecular complexity index is 1010. The number of hydrogen-bond donors (Lipinski definition) is 0. The molecule has 8 atom stereocenters. The average Bonchev–Trinajstić information content (AvgIpc) is 3.43. The number of allylic oxidation sites excluding steroid dienone is 3. The van der Waals surface area contributed by atoms with Crippen molar-refractivity contribution in [2.24, 2.45) is 46.3 Å². The molecule has 3 nitrogen and oxygen atoms in total. The van der Waals surface area contributed by atoms with Gasteiger partial charge < -0.3 is 9.47 Å². The molecule has 0 unspecified atom stereocenters. The zero-order chi connectivity index (χ0) is 35.1. The van der Waals surface area contributed by atoms with E-state index in [-0.39, 0.29) is 6.10 Å². The number of hydrogen-bond acceptors (Lipinski definition) is 3. The van der Waals surface area contributed by atoms with Gasteiger partial charge in [0.25, 0.3) is 0 Å². The lowest BCUT2D eigenvalue weighted by Crippen LogP contribution is -2.51. The van der Waals surface area contributed by atoms with E-state index in [2.05, 4.69) is 59.8 Å². The Morgan fingerprint density at radius 1 is 0.796 bits per heavy atom. The van der Waals surface area contributed by atoms with Crippen LogP contribution in [0, 0.1) is 46.3 Å². The highest BCUT2D eigenvalue weighted by Gasteiger charge is 2.59. The Balaban J connectivity index is 1.08. The minimum Gasteiger partial charge on any atom is -0.434 e. The van der Waals surface area contributed by atoms with Crippen molar-refractivity contribution in [3.05, 3.63) is 23.8 Å². The molecule has 0 aromatic heterocycles. The Morgan fingerprint density at radius 3 is 2.16 bits per heavy atom. The first-order chi connectivity index (χ1) is 23.7. The van der Waals surface area contributed by atoms with Crippen LogP contribution < -0.4 is 0 Å². The van der Waals surface area contributed by atoms with Crippen LogP contribution in [-0.4, -0.2) is 18.9 Å². The van der Waals surface area contributed by atoms with Gasteiger partial charge in [-0.05, 0) is 123 Å². The molecule has 0 amide bonds. The van der Waals surface area contributed by atoms with E-state index < -0.39 is 6.16 Å². The van der Waals surface area contributed by atoms with Crippen molar-refractivity contribution in [3.63, 3.8) is 0 Å². The van der Waals surface area contributed by atoms with Crippen LogP contribution >= 0.6 is 0 Å². The SMILES string of the molecule is CCCCCCCC/C=C/CCCCCCCCOC(=O)O[C@H]1CC[C@@]2(C)C(=CC[C@@H]3[C@H]4CC[C@@H]([C@H](C)CCCC(C)C)[C@@]4(C)CC[C@H]32)C1. The monoisotopic (exact) mass is 681 g/mol. The van der Waals surface area contributed by atoms with Gasteiger partial charge in [-0.3, -0.25) is 0 Å². The maximum atomic E-state index is 12.6. The summed E-state index contributed by atoms with van der Waals surface area (Å²) in [5.41, 5.74) is 2.42. The number of ether oxygens (including phenoxy) is 2. The van der Waals surface area contributed by atoms with E-state index in [4.69, 9.17) is 9.47 Å². The summed E-state index contributed by atoms with van der Waals surface area (Å²) in [5, 5.41) is 0. The maximum Gasteiger partial charge on any atom is 0.508 e. The summed E-state index contributed by atoms with van der Waals surface area (Å²) >= 11 is 0. The molecule has 0 saturated heterocycles. The third-order valence-electron chi connectivity index (χ3n) is 14.4. The second kappa shape index (κ2) is 20.7. The third-order valence-corrected chi connectivity index (χ3v) is 14.4. The molecule has 49 heavy (non-hydrogen) atoms. The molecule has 3 saturated carbocycles. The van der Waals surface area contributed by atoms with Gasteiger partial charge in [-0.1, -0.05) is 142 Å². The van der Waals surface area contributed by atoms with Crippen LogP contribution in [0.2, 0.25) is 0 Å². The summed E-state index contributed by atoms with van der Waals surface area (Å²) < 4.78 is 11.5. The molecule has 3 fully saturated rings. The van der Waals surface area contributed by atoms with E-state index in [1.54, 1.807) is 5.57 Å². The van der Waals surface area contributed by atoms with E-state index in [0.29, 0.717) is 17.4 Å². The molecule has 0 N–H and O–H groups in total. The highest BCUT2D eigenvalue weighted by atomic mass is 16.7. The minimum absolute atomic E-state index is 0.0142. The molecule has 282 valence electrons. The van der Waals surface area contributed by atoms with Crippen LogP contribution in [0.1, 0.15) is 202 Å². The maximum absolute atomic E-state index is 12.6. The molecule has 0 radical (unpaired) electrons. The summed E-state index contributed by atoms with van der Waals surface area (Å²) in [6.45, 7) is 15.4. The number of rotatable bonds is 22. The third kappa shape index (κ3) is 11.6. The lowest BCUT2D eigenvalue weighted by Gasteiger charge is -2.58. The Hall–Kier alpha value is -1.25. The normalized spacial score (nSPS) is 31.7. The Morgan fingerprint density at radius 2 is 1.47 bits per heavy atom. The van der Waals surface area contributed by atoms with E-state index >= 15 is 0 Å². The fourth-order valence-electron chi connectivity index (χ4n) is 11.4. The van der Waals surface area contributed by atoms with Crippen molar-refractivity contribution < 1.29 is 14.3 Å². The Labute approximate surface area is 304 Å². The fraction of sp³-hybridized carbons (Fsp3) is 0.891. The largest absolute Gasteiger partial charge is 0.508 e. The van der Waals surface area contributed by atoms with Crippen molar-refractivity contribution in [2.45, 2.75) is 208 Å². The van der Waals surface area contributed by atoms with E-state index in [1.165, 1.54) is 128 Å². The number of fused-ring (bicyclic) bond motifs is 5. The molecule has 0 heterocycles. The molecule has 4 aliphatic carbocycles. The molecule has 0 aliphatic heterocycles. The highest BCUT2D eigenvalue weighted by molar-refractivity contribution is 5.60. The standard InChI is InChI=1S/C46H80O3/c1-7-8-9-10-11-12-13-14-15-16-17-18-19-20-21-22-34-48-44(47)49-39-30-32-45(5)38(35-39)26-27-40-42-29-28-41(37(4)25-23-24-36(2)3)46(42,6)33-31-43(40)45/h14-15,26,36-37,39-43H,7-13,16-25,27-35H2,1-6H3/b15-14+/t37-,39+,40-,41+,42-,43-,45+,46-/m1/s1. The smallest absolute Gasteiger partial charge is 0.434 e. The van der Waals surface area contributed by atoms with Gasteiger partial charge in [0.05, 0.1) is 6.61 Å². The summed E-state index contributed by atoms with van der Waals surface area (Å²) in [6.07, 6.45) is 39.2. The van der Waals surface area contributed by atoms with Crippen LogP contribution in [-0.2, 0) is 9.47 Å². The first kappa shape index (κ1) is 40.5. The first-order valence-corrected chi connectivity index (χ1v) is 21.9. The topological polar surface area (TPSA) is 35.5 Å². The van der Waals surface area contributed by atoms with Crippen molar-refractivity contribution in [1.29, 1.82) is 0 Å². The van der Waals surface area contributed by atoms with Crippen molar-refractivity contribution in [1.82, 2.24) is 0 Å². The molecular formula is C46H80O3. The molecule has 0 aromatic rings. The zero-order valence-electron chi connectivity index (χ0n) is 33.4. The predicted octanol–water partition coefficient (Wildman–Crippen LogP) is 14.6. The van der Waals surface area contributed by atoms with Crippen LogP contribution in [0.25, 0.3) is 0 Å². The second-order valence-electron chi connectivity index (χ2n) is 18.3. The van der Waals surface area contributed by atoms with Gasteiger partial charge >= 0.3 is 6.16 Å². The second-order valence-corrected chi connectivity index (χ2v) is 18.3. The van der Waals surface area contributed by atoms with E-state index in [0.717, 1.165) is 67.6 Å². The molecular weight excluding hydrogens is 601 g/mol. The minimum atomic E-state index is -0.441. The van der Waals surface area contributed by atoms with E-state index in [1.807, 2.05) is 0 Å². The molecule has 0 aromatic carbocycles. The average molecular weight is 681 g/mol. The van der Waals surface area contributed by atoms with Crippen LogP contribution in [0.4, 0.5) is 4.79 Å². The van der Waals surface area contributed by atoms with Crippen molar-refractivity contribution >= 4 is 6.16 Å². The van der Waals surface area contributed by atoms with Gasteiger partial charge in [-0.2, -0.15) is 0 Å². The molecule has 4 aliphatic rings. The van der Waals surface area contributed by atoms with Gasteiger partial charge in [0, 0.05) is 6.42 Å². The van der Waals surface area contributed by atoms with Gasteiger partial charge in [-0.15, -0.1) is 0 Å². The molecule has 0 bridgehead atoms. The lowest BCUT2D eigenvalue weighted by atomic mass is 9.47. The number of carbonyl (C=O) groups excluding carboxylic acids is 1. The van der Waals surface area contributed by atoms with Gasteiger partial charge in [0.1, 0.15) is 6.10 Å².